The molecule has 1 aromatic rings. The molecule has 3 nitrogen and oxygen atoms in total. The summed E-state index contributed by atoms with van der Waals surface area (Å²) in [5.74, 6) is -1.36. The number of carbonyl (C=O) groups excluding carboxylic acids is 1. The summed E-state index contributed by atoms with van der Waals surface area (Å²) in [6.07, 6.45) is 3.46. The molecule has 0 bridgehead atoms. The summed E-state index contributed by atoms with van der Waals surface area (Å²) < 4.78 is 26.5. The first-order valence-corrected chi connectivity index (χ1v) is 7.03. The molecule has 0 saturated carbocycles. The van der Waals surface area contributed by atoms with Crippen LogP contribution in [0.15, 0.2) is 18.2 Å². The highest BCUT2D eigenvalue weighted by Gasteiger charge is 2.17. The van der Waals surface area contributed by atoms with Gasteiger partial charge in [0.25, 0.3) is 0 Å². The lowest BCUT2D eigenvalue weighted by atomic mass is 10.1. The molecule has 1 saturated heterocycles. The number of piperidine rings is 1. The second-order valence-electron chi connectivity index (χ2n) is 5.29. The van der Waals surface area contributed by atoms with Crippen molar-refractivity contribution < 1.29 is 13.6 Å². The number of hydrogen-bond acceptors (Lipinski definition) is 2. The van der Waals surface area contributed by atoms with E-state index in [-0.39, 0.29) is 5.91 Å². The Hall–Kier alpha value is -1.49. The monoisotopic (exact) mass is 282 g/mol. The first kappa shape index (κ1) is 14.9. The largest absolute Gasteiger partial charge is 0.348 e. The van der Waals surface area contributed by atoms with Gasteiger partial charge in [-0.3, -0.25) is 9.69 Å². The molecular formula is C15H20F2N2O. The molecule has 0 aliphatic carbocycles. The number of nitrogens with one attached hydrogen (secondary N) is 1. The van der Waals surface area contributed by atoms with Crippen LogP contribution in [0.5, 0.6) is 0 Å². The highest BCUT2D eigenvalue weighted by atomic mass is 19.1. The lowest BCUT2D eigenvalue weighted by Gasteiger charge is -2.26. The summed E-state index contributed by atoms with van der Waals surface area (Å²) in [6.45, 7) is 3.91. The quantitative estimate of drug-likeness (QED) is 0.920. The molecule has 0 unspecified atom stereocenters. The average Bonchev–Trinajstić information content (AvgIpc) is 2.39. The predicted octanol–water partition coefficient (Wildman–Crippen LogP) is 2.63. The van der Waals surface area contributed by atoms with Crippen molar-refractivity contribution in [3.8, 4) is 0 Å². The standard InChI is InChI=1S/C15H20F2N2O/c1-11(13-6-5-12(16)9-14(13)17)18-15(20)10-19-7-3-2-4-8-19/h5-6,9,11H,2-4,7-8,10H2,1H3,(H,18,20)/t11-/m1/s1. The third-order valence-corrected chi connectivity index (χ3v) is 3.62. The molecule has 5 heteroatoms. The molecule has 1 aromatic carbocycles. The molecule has 0 spiro atoms. The molecule has 1 aliphatic rings. The zero-order valence-electron chi connectivity index (χ0n) is 11.7. The van der Waals surface area contributed by atoms with Crippen molar-refractivity contribution in [2.24, 2.45) is 0 Å². The van der Waals surface area contributed by atoms with Crippen LogP contribution in [0.1, 0.15) is 37.8 Å². The van der Waals surface area contributed by atoms with E-state index in [1.165, 1.54) is 18.6 Å². The molecule has 1 heterocycles. The number of benzene rings is 1. The van der Waals surface area contributed by atoms with Crippen molar-refractivity contribution in [3.05, 3.63) is 35.4 Å². The molecule has 2 rings (SSSR count). The van der Waals surface area contributed by atoms with Crippen molar-refractivity contribution >= 4 is 5.91 Å². The molecule has 1 amide bonds. The Kier molecular flexibility index (Phi) is 5.06. The van der Waals surface area contributed by atoms with Gasteiger partial charge in [0.2, 0.25) is 5.91 Å². The van der Waals surface area contributed by atoms with Gasteiger partial charge in [0.1, 0.15) is 11.6 Å². The normalized spacial score (nSPS) is 17.8. The van der Waals surface area contributed by atoms with Crippen molar-refractivity contribution in [1.82, 2.24) is 10.2 Å². The molecule has 1 fully saturated rings. The number of likely N-dealkylation sites (tertiary alicyclic amines) is 1. The van der Waals surface area contributed by atoms with Crippen LogP contribution >= 0.6 is 0 Å². The molecule has 1 aliphatic heterocycles. The van der Waals surface area contributed by atoms with Gasteiger partial charge < -0.3 is 5.32 Å². The van der Waals surface area contributed by atoms with Gasteiger partial charge in [-0.25, -0.2) is 8.78 Å². The van der Waals surface area contributed by atoms with E-state index >= 15 is 0 Å². The minimum absolute atomic E-state index is 0.122. The lowest BCUT2D eigenvalue weighted by Crippen LogP contribution is -2.40. The van der Waals surface area contributed by atoms with Crippen LogP contribution in [0.2, 0.25) is 0 Å². The van der Waals surface area contributed by atoms with Crippen molar-refractivity contribution in [2.75, 3.05) is 19.6 Å². The Labute approximate surface area is 118 Å². The smallest absolute Gasteiger partial charge is 0.234 e. The number of halogens is 2. The predicted molar refractivity (Wildman–Crippen MR) is 73.2 cm³/mol. The van der Waals surface area contributed by atoms with Crippen LogP contribution in [-0.2, 0) is 4.79 Å². The van der Waals surface area contributed by atoms with Gasteiger partial charge in [0.05, 0.1) is 12.6 Å². The fraction of sp³-hybridized carbons (Fsp3) is 0.533. The van der Waals surface area contributed by atoms with Crippen LogP contribution in [-0.4, -0.2) is 30.4 Å². The summed E-state index contributed by atoms with van der Waals surface area (Å²) >= 11 is 0. The van der Waals surface area contributed by atoms with Crippen LogP contribution in [0, 0.1) is 11.6 Å². The maximum absolute atomic E-state index is 13.6. The topological polar surface area (TPSA) is 32.3 Å². The summed E-state index contributed by atoms with van der Waals surface area (Å²) in [4.78, 5) is 14.0. The van der Waals surface area contributed by atoms with Gasteiger partial charge in [-0.1, -0.05) is 12.5 Å². The van der Waals surface area contributed by atoms with E-state index in [1.807, 2.05) is 0 Å². The number of hydrogen-bond donors (Lipinski definition) is 1. The van der Waals surface area contributed by atoms with E-state index in [0.29, 0.717) is 12.1 Å². The van der Waals surface area contributed by atoms with E-state index in [1.54, 1.807) is 6.92 Å². The van der Waals surface area contributed by atoms with Crippen molar-refractivity contribution in [3.63, 3.8) is 0 Å². The van der Waals surface area contributed by atoms with Crippen molar-refractivity contribution in [2.45, 2.75) is 32.2 Å². The molecule has 110 valence electrons. The van der Waals surface area contributed by atoms with Crippen LogP contribution in [0.25, 0.3) is 0 Å². The van der Waals surface area contributed by atoms with Gasteiger partial charge in [-0.2, -0.15) is 0 Å². The number of carbonyl (C=O) groups is 1. The maximum Gasteiger partial charge on any atom is 0.234 e. The molecule has 1 N–H and O–H groups in total. The van der Waals surface area contributed by atoms with Crippen molar-refractivity contribution in [1.29, 1.82) is 0 Å². The van der Waals surface area contributed by atoms with Crippen LogP contribution in [0.4, 0.5) is 8.78 Å². The van der Waals surface area contributed by atoms with Crippen LogP contribution in [0.3, 0.4) is 0 Å². The van der Waals surface area contributed by atoms with E-state index in [2.05, 4.69) is 10.2 Å². The zero-order chi connectivity index (χ0) is 14.5. The summed E-state index contributed by atoms with van der Waals surface area (Å²) in [5, 5.41) is 2.76. The highest BCUT2D eigenvalue weighted by molar-refractivity contribution is 5.78. The van der Waals surface area contributed by atoms with Gasteiger partial charge in [-0.05, 0) is 38.9 Å². The third-order valence-electron chi connectivity index (χ3n) is 3.62. The first-order valence-electron chi connectivity index (χ1n) is 7.03. The van der Waals surface area contributed by atoms with E-state index < -0.39 is 17.7 Å². The first-order chi connectivity index (χ1) is 9.56. The minimum Gasteiger partial charge on any atom is -0.348 e. The van der Waals surface area contributed by atoms with Gasteiger partial charge in [0, 0.05) is 11.6 Å². The SMILES string of the molecule is C[C@@H](NC(=O)CN1CCCCC1)c1ccc(F)cc1F. The van der Waals surface area contributed by atoms with E-state index in [9.17, 15) is 13.6 Å². The minimum atomic E-state index is -0.629. The van der Waals surface area contributed by atoms with Crippen LogP contribution < -0.4 is 5.32 Å². The summed E-state index contributed by atoms with van der Waals surface area (Å²) in [5.41, 5.74) is 0.304. The fourth-order valence-electron chi connectivity index (χ4n) is 2.54. The average molecular weight is 282 g/mol. The second kappa shape index (κ2) is 6.79. The van der Waals surface area contributed by atoms with Gasteiger partial charge >= 0.3 is 0 Å². The summed E-state index contributed by atoms with van der Waals surface area (Å²) in [7, 11) is 0. The number of amides is 1. The Morgan fingerprint density at radius 3 is 2.65 bits per heavy atom. The fourth-order valence-corrected chi connectivity index (χ4v) is 2.54. The molecule has 1 atom stereocenters. The van der Waals surface area contributed by atoms with Gasteiger partial charge in [-0.15, -0.1) is 0 Å². The molecule has 0 aromatic heterocycles. The van der Waals surface area contributed by atoms with E-state index in [4.69, 9.17) is 0 Å². The van der Waals surface area contributed by atoms with Gasteiger partial charge in [0.15, 0.2) is 0 Å². The molecule has 20 heavy (non-hydrogen) atoms. The lowest BCUT2D eigenvalue weighted by molar-refractivity contribution is -0.123. The highest BCUT2D eigenvalue weighted by Crippen LogP contribution is 2.17. The van der Waals surface area contributed by atoms with E-state index in [0.717, 1.165) is 32.0 Å². The molecule has 0 radical (unpaired) electrons. The Balaban J connectivity index is 1.89. The number of nitrogens with zero attached hydrogens (tertiary/aromatic N) is 1. The molecular weight excluding hydrogens is 262 g/mol. The third kappa shape index (κ3) is 4.00. The number of rotatable bonds is 4. The summed E-state index contributed by atoms with van der Waals surface area (Å²) in [6, 6.07) is 2.94. The Morgan fingerprint density at radius 2 is 2.00 bits per heavy atom. The Bertz CT molecular complexity index is 473. The second-order valence-corrected chi connectivity index (χ2v) is 5.29. The Morgan fingerprint density at radius 1 is 1.30 bits per heavy atom. The zero-order valence-corrected chi connectivity index (χ0v) is 11.7. The maximum atomic E-state index is 13.6.